The predicted octanol–water partition coefficient (Wildman–Crippen LogP) is 19.7. The summed E-state index contributed by atoms with van der Waals surface area (Å²) in [6, 6.07) is 0. The maximum atomic E-state index is 12.9. The fourth-order valence-electron chi connectivity index (χ4n) is 7.20. The third-order valence-corrected chi connectivity index (χ3v) is 11.4. The second kappa shape index (κ2) is 59.1. The van der Waals surface area contributed by atoms with Crippen LogP contribution in [0.2, 0.25) is 0 Å². The Bertz CT molecular complexity index is 1510. The van der Waals surface area contributed by atoms with Crippen molar-refractivity contribution in [1.29, 1.82) is 0 Å². The first-order chi connectivity index (χ1) is 34.6. The van der Waals surface area contributed by atoms with Crippen LogP contribution >= 0.6 is 0 Å². The van der Waals surface area contributed by atoms with E-state index in [1.54, 1.807) is 0 Å². The first-order valence-corrected chi connectivity index (χ1v) is 28.4. The van der Waals surface area contributed by atoms with Crippen molar-refractivity contribution in [2.75, 3.05) is 19.8 Å². The molecule has 0 heterocycles. The third kappa shape index (κ3) is 56.4. The Kier molecular flexibility index (Phi) is 55.5. The number of rotatable bonds is 50. The number of allylic oxidation sites excluding steroid dienone is 24. The van der Waals surface area contributed by atoms with E-state index in [2.05, 4.69) is 161 Å². The highest BCUT2D eigenvalue weighted by Crippen LogP contribution is 2.13. The largest absolute Gasteiger partial charge is 0.462 e. The van der Waals surface area contributed by atoms with E-state index in [-0.39, 0.29) is 25.2 Å². The SMILES string of the molecule is CC/C=C\C/C=C\C/C=C\C/C=C\C/C=C\C/C=C\CCC(=O)OCC(COCCCCCCC/C=C\C/C=C\C/C=C\C/C=C\CC)OC(=O)CCCCCCCCC/C=C\C/C=C\CCCCC. The molecule has 0 aliphatic carbocycles. The average Bonchev–Trinajstić information content (AvgIpc) is 3.36. The van der Waals surface area contributed by atoms with E-state index >= 15 is 0 Å². The summed E-state index contributed by atoms with van der Waals surface area (Å²) in [6.07, 6.45) is 85.9. The van der Waals surface area contributed by atoms with Crippen molar-refractivity contribution >= 4 is 11.9 Å². The van der Waals surface area contributed by atoms with Crippen molar-refractivity contribution in [3.05, 3.63) is 146 Å². The molecule has 0 spiro atoms. The number of carbonyl (C=O) groups is 2. The number of unbranched alkanes of at least 4 members (excludes halogenated alkanes) is 15. The molecule has 0 saturated carbocycles. The van der Waals surface area contributed by atoms with Crippen LogP contribution in [0.3, 0.4) is 0 Å². The van der Waals surface area contributed by atoms with Gasteiger partial charge in [-0.2, -0.15) is 0 Å². The standard InChI is InChI=1S/C65H104O5/c1-4-7-10-13-16-19-22-25-28-31-33-35-37-40-43-46-49-52-55-58-64(66)69-62-63(61-68-60-57-54-51-48-45-42-39-36-32-29-26-23-20-17-14-11-8-5-2)70-65(67)59-56-53-50-47-44-41-38-34-30-27-24-21-18-15-12-9-6-3/h7-8,10-11,16-21,25-30,33,35-36,39-40,43,49,52,63H,4-6,9,12-15,22-24,31-32,34,37-38,41-42,44-48,50-51,53-62H2,1-3H3/b10-7-,11-8-,19-16-,20-17-,21-18-,28-25-,29-26-,30-27-,35-33-,39-36-,43-40-,52-49-. The second-order valence-electron chi connectivity index (χ2n) is 18.1. The molecular weight excluding hydrogens is 861 g/mol. The summed E-state index contributed by atoms with van der Waals surface area (Å²) in [6.45, 7) is 7.43. The molecule has 5 nitrogen and oxygen atoms in total. The molecule has 70 heavy (non-hydrogen) atoms. The molecule has 0 aliphatic rings. The number of esters is 2. The average molecular weight is 966 g/mol. The van der Waals surface area contributed by atoms with Crippen LogP contribution in [-0.2, 0) is 23.8 Å². The molecule has 0 aliphatic heterocycles. The molecule has 0 aromatic rings. The van der Waals surface area contributed by atoms with Crippen LogP contribution in [0.15, 0.2) is 146 Å². The van der Waals surface area contributed by atoms with Crippen LogP contribution in [0.5, 0.6) is 0 Å². The van der Waals surface area contributed by atoms with E-state index in [9.17, 15) is 9.59 Å². The van der Waals surface area contributed by atoms with Gasteiger partial charge in [0.25, 0.3) is 0 Å². The van der Waals surface area contributed by atoms with Gasteiger partial charge < -0.3 is 14.2 Å². The topological polar surface area (TPSA) is 61.8 Å². The summed E-state index contributed by atoms with van der Waals surface area (Å²) in [4.78, 5) is 25.5. The third-order valence-electron chi connectivity index (χ3n) is 11.4. The zero-order valence-electron chi connectivity index (χ0n) is 45.2. The van der Waals surface area contributed by atoms with Crippen molar-refractivity contribution < 1.29 is 23.8 Å². The number of hydrogen-bond donors (Lipinski definition) is 0. The summed E-state index contributed by atoms with van der Waals surface area (Å²) in [5, 5.41) is 0. The van der Waals surface area contributed by atoms with E-state index in [0.717, 1.165) is 116 Å². The van der Waals surface area contributed by atoms with E-state index in [1.165, 1.54) is 70.6 Å². The van der Waals surface area contributed by atoms with Gasteiger partial charge in [0.1, 0.15) is 6.61 Å². The molecule has 0 fully saturated rings. The highest BCUT2D eigenvalue weighted by Gasteiger charge is 2.17. The molecule has 0 rings (SSSR count). The Balaban J connectivity index is 4.48. The molecular formula is C65H104O5. The normalized spacial score (nSPS) is 13.4. The number of hydrogen-bond acceptors (Lipinski definition) is 5. The number of ether oxygens (including phenoxy) is 3. The van der Waals surface area contributed by atoms with Crippen molar-refractivity contribution in [3.63, 3.8) is 0 Å². The molecule has 1 unspecified atom stereocenters. The molecule has 0 N–H and O–H groups in total. The predicted molar refractivity (Wildman–Crippen MR) is 306 cm³/mol. The lowest BCUT2D eigenvalue weighted by Crippen LogP contribution is -2.30. The maximum absolute atomic E-state index is 12.9. The van der Waals surface area contributed by atoms with Gasteiger partial charge in [-0.25, -0.2) is 0 Å². The minimum Gasteiger partial charge on any atom is -0.462 e. The highest BCUT2D eigenvalue weighted by molar-refractivity contribution is 5.70. The molecule has 0 radical (unpaired) electrons. The van der Waals surface area contributed by atoms with Gasteiger partial charge in [0, 0.05) is 19.4 Å². The van der Waals surface area contributed by atoms with E-state index in [4.69, 9.17) is 14.2 Å². The van der Waals surface area contributed by atoms with Gasteiger partial charge in [-0.05, 0) is 128 Å². The molecule has 0 saturated heterocycles. The van der Waals surface area contributed by atoms with E-state index in [0.29, 0.717) is 25.9 Å². The lowest BCUT2D eigenvalue weighted by atomic mass is 10.1. The van der Waals surface area contributed by atoms with Crippen molar-refractivity contribution in [3.8, 4) is 0 Å². The van der Waals surface area contributed by atoms with Gasteiger partial charge in [0.15, 0.2) is 6.10 Å². The smallest absolute Gasteiger partial charge is 0.306 e. The lowest BCUT2D eigenvalue weighted by molar-refractivity contribution is -0.162. The van der Waals surface area contributed by atoms with Gasteiger partial charge in [-0.3, -0.25) is 9.59 Å². The lowest BCUT2D eigenvalue weighted by Gasteiger charge is -2.18. The Labute approximate surface area is 431 Å². The summed E-state index contributed by atoms with van der Waals surface area (Å²) in [5.41, 5.74) is 0. The van der Waals surface area contributed by atoms with Gasteiger partial charge in [0.2, 0.25) is 0 Å². The van der Waals surface area contributed by atoms with Crippen molar-refractivity contribution in [2.45, 2.75) is 232 Å². The van der Waals surface area contributed by atoms with Gasteiger partial charge in [-0.1, -0.05) is 231 Å². The van der Waals surface area contributed by atoms with Gasteiger partial charge in [-0.15, -0.1) is 0 Å². The summed E-state index contributed by atoms with van der Waals surface area (Å²) >= 11 is 0. The second-order valence-corrected chi connectivity index (χ2v) is 18.1. The molecule has 0 bridgehead atoms. The molecule has 0 aromatic carbocycles. The molecule has 394 valence electrons. The Morgan fingerprint density at radius 3 is 1.09 bits per heavy atom. The first-order valence-electron chi connectivity index (χ1n) is 28.4. The maximum Gasteiger partial charge on any atom is 0.306 e. The Morgan fingerprint density at radius 1 is 0.329 bits per heavy atom. The van der Waals surface area contributed by atoms with Crippen LogP contribution in [0.4, 0.5) is 0 Å². The monoisotopic (exact) mass is 965 g/mol. The molecule has 0 aromatic heterocycles. The zero-order chi connectivity index (χ0) is 50.6. The Hall–Kier alpha value is -4.22. The first kappa shape index (κ1) is 65.8. The van der Waals surface area contributed by atoms with Crippen LogP contribution < -0.4 is 0 Å². The van der Waals surface area contributed by atoms with Crippen LogP contribution in [0.1, 0.15) is 226 Å². The number of carbonyl (C=O) groups excluding carboxylic acids is 2. The summed E-state index contributed by atoms with van der Waals surface area (Å²) in [5.74, 6) is -0.523. The van der Waals surface area contributed by atoms with E-state index < -0.39 is 6.10 Å². The van der Waals surface area contributed by atoms with Crippen LogP contribution in [-0.4, -0.2) is 37.9 Å². The van der Waals surface area contributed by atoms with Gasteiger partial charge in [0.05, 0.1) is 6.61 Å². The fourth-order valence-corrected chi connectivity index (χ4v) is 7.20. The van der Waals surface area contributed by atoms with Crippen LogP contribution in [0.25, 0.3) is 0 Å². The van der Waals surface area contributed by atoms with Crippen LogP contribution in [0, 0.1) is 0 Å². The fraction of sp³-hybridized carbons (Fsp3) is 0.600. The van der Waals surface area contributed by atoms with E-state index in [1.807, 2.05) is 6.08 Å². The van der Waals surface area contributed by atoms with Gasteiger partial charge >= 0.3 is 11.9 Å². The van der Waals surface area contributed by atoms with Crippen molar-refractivity contribution in [1.82, 2.24) is 0 Å². The summed E-state index contributed by atoms with van der Waals surface area (Å²) in [7, 11) is 0. The quantitative estimate of drug-likeness (QED) is 0.0345. The zero-order valence-corrected chi connectivity index (χ0v) is 45.2. The molecule has 0 amide bonds. The minimum atomic E-state index is -0.593. The Morgan fingerprint density at radius 2 is 0.671 bits per heavy atom. The summed E-state index contributed by atoms with van der Waals surface area (Å²) < 4.78 is 17.4. The highest BCUT2D eigenvalue weighted by atomic mass is 16.6. The molecule has 1 atom stereocenters. The van der Waals surface area contributed by atoms with Crippen molar-refractivity contribution in [2.24, 2.45) is 0 Å². The minimum absolute atomic E-state index is 0.0244. The molecule has 5 heteroatoms.